The number of ether oxygens (including phenoxy) is 2. The van der Waals surface area contributed by atoms with Crippen molar-refractivity contribution in [1.29, 1.82) is 0 Å². The zero-order chi connectivity index (χ0) is 14.1. The summed E-state index contributed by atoms with van der Waals surface area (Å²) in [6, 6.07) is 1.78. The van der Waals surface area contributed by atoms with E-state index in [-0.39, 0.29) is 5.97 Å². The fourth-order valence-electron chi connectivity index (χ4n) is 1.60. The van der Waals surface area contributed by atoms with E-state index >= 15 is 0 Å². The van der Waals surface area contributed by atoms with Crippen LogP contribution >= 0.6 is 0 Å². The molecular weight excluding hydrogens is 246 g/mol. The van der Waals surface area contributed by atoms with E-state index in [2.05, 4.69) is 20.0 Å². The first-order valence-electron chi connectivity index (χ1n) is 6.36. The molecule has 0 aromatic carbocycles. The predicted molar refractivity (Wildman–Crippen MR) is 72.3 cm³/mol. The van der Waals surface area contributed by atoms with Gasteiger partial charge < -0.3 is 14.8 Å². The van der Waals surface area contributed by atoms with Crippen molar-refractivity contribution in [2.24, 2.45) is 0 Å². The van der Waals surface area contributed by atoms with Crippen LogP contribution in [0.25, 0.3) is 0 Å². The number of anilines is 1. The van der Waals surface area contributed by atoms with E-state index in [9.17, 15) is 4.79 Å². The molecule has 0 spiro atoms. The molecule has 1 rings (SSSR count). The third-order valence-electron chi connectivity index (χ3n) is 2.61. The number of unbranched alkanes of at least 4 members (excludes halogenated alkanes) is 2. The van der Waals surface area contributed by atoms with Gasteiger partial charge in [0.1, 0.15) is 0 Å². The second-order valence-electron chi connectivity index (χ2n) is 4.19. The van der Waals surface area contributed by atoms with Crippen LogP contribution in [-0.2, 0) is 9.53 Å². The fraction of sp³-hybridized carbons (Fsp3) is 0.615. The van der Waals surface area contributed by atoms with E-state index in [1.54, 1.807) is 13.2 Å². The molecule has 0 amide bonds. The van der Waals surface area contributed by atoms with Crippen LogP contribution in [0.5, 0.6) is 5.88 Å². The lowest BCUT2D eigenvalue weighted by Gasteiger charge is -2.07. The minimum absolute atomic E-state index is 0.153. The lowest BCUT2D eigenvalue weighted by Crippen LogP contribution is -2.07. The number of carbonyl (C=O) groups excluding carboxylic acids is 1. The molecule has 0 saturated carbocycles. The van der Waals surface area contributed by atoms with Crippen molar-refractivity contribution in [2.45, 2.75) is 32.6 Å². The molecule has 106 valence electrons. The zero-order valence-corrected chi connectivity index (χ0v) is 11.7. The Balaban J connectivity index is 2.22. The van der Waals surface area contributed by atoms with Gasteiger partial charge in [0, 0.05) is 24.7 Å². The summed E-state index contributed by atoms with van der Waals surface area (Å²) in [4.78, 5) is 19.4. The van der Waals surface area contributed by atoms with Gasteiger partial charge in [-0.15, -0.1) is 0 Å². The summed E-state index contributed by atoms with van der Waals surface area (Å²) < 4.78 is 9.65. The van der Waals surface area contributed by atoms with Crippen LogP contribution in [-0.4, -0.2) is 36.7 Å². The van der Waals surface area contributed by atoms with Gasteiger partial charge in [0.25, 0.3) is 0 Å². The summed E-state index contributed by atoms with van der Waals surface area (Å²) >= 11 is 0. The highest BCUT2D eigenvalue weighted by Crippen LogP contribution is 2.11. The van der Waals surface area contributed by atoms with Gasteiger partial charge in [0.05, 0.1) is 14.2 Å². The fourth-order valence-corrected chi connectivity index (χ4v) is 1.60. The van der Waals surface area contributed by atoms with Crippen LogP contribution in [0.3, 0.4) is 0 Å². The first-order chi connectivity index (χ1) is 9.15. The van der Waals surface area contributed by atoms with Gasteiger partial charge >= 0.3 is 5.97 Å². The summed E-state index contributed by atoms with van der Waals surface area (Å²) in [5.41, 5.74) is 0.861. The SMILES string of the molecule is COC(=O)CCCCCNc1nc(C)cc(OC)n1. The Morgan fingerprint density at radius 2 is 2.05 bits per heavy atom. The standard InChI is InChI=1S/C13H21N3O3/c1-10-9-11(18-2)16-13(15-10)14-8-6-4-5-7-12(17)19-3/h9H,4-8H2,1-3H3,(H,14,15,16). The monoisotopic (exact) mass is 267 g/mol. The third kappa shape index (κ3) is 6.03. The van der Waals surface area contributed by atoms with E-state index in [0.717, 1.165) is 31.5 Å². The second-order valence-corrected chi connectivity index (χ2v) is 4.19. The average Bonchev–Trinajstić information content (AvgIpc) is 2.41. The van der Waals surface area contributed by atoms with E-state index in [1.807, 2.05) is 6.92 Å². The molecular formula is C13H21N3O3. The minimum atomic E-state index is -0.153. The lowest BCUT2D eigenvalue weighted by atomic mass is 10.2. The van der Waals surface area contributed by atoms with Gasteiger partial charge in [-0.3, -0.25) is 4.79 Å². The maximum absolute atomic E-state index is 10.9. The Labute approximate surface area is 113 Å². The normalized spacial score (nSPS) is 10.1. The number of carbonyl (C=O) groups is 1. The topological polar surface area (TPSA) is 73.3 Å². The van der Waals surface area contributed by atoms with Crippen molar-refractivity contribution in [1.82, 2.24) is 9.97 Å². The quantitative estimate of drug-likeness (QED) is 0.573. The molecule has 0 saturated heterocycles. The van der Waals surface area contributed by atoms with Gasteiger partial charge in [-0.05, 0) is 19.8 Å². The zero-order valence-electron chi connectivity index (χ0n) is 11.7. The first kappa shape index (κ1) is 15.2. The van der Waals surface area contributed by atoms with Crippen molar-refractivity contribution in [3.05, 3.63) is 11.8 Å². The van der Waals surface area contributed by atoms with Crippen molar-refractivity contribution in [2.75, 3.05) is 26.1 Å². The molecule has 0 fully saturated rings. The van der Waals surface area contributed by atoms with E-state index < -0.39 is 0 Å². The number of esters is 1. The Bertz CT molecular complexity index is 410. The van der Waals surface area contributed by atoms with Crippen molar-refractivity contribution in [3.8, 4) is 5.88 Å². The molecule has 0 aliphatic carbocycles. The van der Waals surface area contributed by atoms with E-state index in [1.165, 1.54) is 7.11 Å². The molecule has 0 radical (unpaired) electrons. The molecule has 1 heterocycles. The summed E-state index contributed by atoms with van der Waals surface area (Å²) in [5.74, 6) is 0.977. The number of hydrogen-bond donors (Lipinski definition) is 1. The number of nitrogens with one attached hydrogen (secondary N) is 1. The molecule has 0 aliphatic rings. The summed E-state index contributed by atoms with van der Waals surface area (Å²) in [7, 11) is 2.99. The molecule has 1 aromatic rings. The van der Waals surface area contributed by atoms with Gasteiger partial charge in [0.2, 0.25) is 11.8 Å². The second kappa shape index (κ2) is 8.29. The highest BCUT2D eigenvalue weighted by molar-refractivity contribution is 5.68. The Kier molecular flexibility index (Phi) is 6.63. The molecule has 0 unspecified atom stereocenters. The maximum Gasteiger partial charge on any atom is 0.305 e. The number of aromatic nitrogens is 2. The van der Waals surface area contributed by atoms with Crippen LogP contribution in [0.15, 0.2) is 6.07 Å². The van der Waals surface area contributed by atoms with Gasteiger partial charge in [-0.25, -0.2) is 4.98 Å². The van der Waals surface area contributed by atoms with Crippen LogP contribution in [0.4, 0.5) is 5.95 Å². The summed E-state index contributed by atoms with van der Waals surface area (Å²) in [5, 5.41) is 3.14. The molecule has 0 aliphatic heterocycles. The molecule has 19 heavy (non-hydrogen) atoms. The van der Waals surface area contributed by atoms with Crippen molar-refractivity contribution < 1.29 is 14.3 Å². The minimum Gasteiger partial charge on any atom is -0.481 e. The molecule has 6 nitrogen and oxygen atoms in total. The number of methoxy groups -OCH3 is 2. The van der Waals surface area contributed by atoms with Crippen molar-refractivity contribution >= 4 is 11.9 Å². The first-order valence-corrected chi connectivity index (χ1v) is 6.36. The smallest absolute Gasteiger partial charge is 0.305 e. The molecule has 1 aromatic heterocycles. The maximum atomic E-state index is 10.9. The molecule has 1 N–H and O–H groups in total. The van der Waals surface area contributed by atoms with Crippen LogP contribution in [0.1, 0.15) is 31.4 Å². The molecule has 0 atom stereocenters. The van der Waals surface area contributed by atoms with Crippen LogP contribution in [0, 0.1) is 6.92 Å². The third-order valence-corrected chi connectivity index (χ3v) is 2.61. The number of rotatable bonds is 8. The largest absolute Gasteiger partial charge is 0.481 e. The van der Waals surface area contributed by atoms with Gasteiger partial charge in [-0.1, -0.05) is 6.42 Å². The summed E-state index contributed by atoms with van der Waals surface area (Å²) in [6.45, 7) is 2.67. The van der Waals surface area contributed by atoms with Gasteiger partial charge in [-0.2, -0.15) is 4.98 Å². The Morgan fingerprint density at radius 1 is 1.26 bits per heavy atom. The van der Waals surface area contributed by atoms with Crippen LogP contribution < -0.4 is 10.1 Å². The van der Waals surface area contributed by atoms with E-state index in [4.69, 9.17) is 4.74 Å². The van der Waals surface area contributed by atoms with Crippen LogP contribution in [0.2, 0.25) is 0 Å². The predicted octanol–water partition coefficient (Wildman–Crippen LogP) is 1.94. The van der Waals surface area contributed by atoms with Crippen molar-refractivity contribution in [3.63, 3.8) is 0 Å². The number of hydrogen-bond acceptors (Lipinski definition) is 6. The Hall–Kier alpha value is -1.85. The highest BCUT2D eigenvalue weighted by Gasteiger charge is 2.02. The lowest BCUT2D eigenvalue weighted by molar-refractivity contribution is -0.140. The Morgan fingerprint density at radius 3 is 2.74 bits per heavy atom. The van der Waals surface area contributed by atoms with E-state index in [0.29, 0.717) is 18.2 Å². The molecule has 6 heteroatoms. The summed E-state index contributed by atoms with van der Waals surface area (Å²) in [6.07, 6.45) is 3.24. The highest BCUT2D eigenvalue weighted by atomic mass is 16.5. The molecule has 0 bridgehead atoms. The number of nitrogens with zero attached hydrogens (tertiary/aromatic N) is 2. The van der Waals surface area contributed by atoms with Gasteiger partial charge in [0.15, 0.2) is 0 Å². The number of aryl methyl sites for hydroxylation is 1. The average molecular weight is 267 g/mol.